The van der Waals surface area contributed by atoms with Gasteiger partial charge in [-0.05, 0) is 44.3 Å². The number of aliphatic hydroxyl groups excluding tert-OH is 1. The second-order valence-corrected chi connectivity index (χ2v) is 5.57. The molecule has 2 rings (SSSR count). The highest BCUT2D eigenvalue weighted by molar-refractivity contribution is 5.74. The van der Waals surface area contributed by atoms with E-state index in [-0.39, 0.29) is 5.92 Å². The fraction of sp³-hybridized carbons (Fsp3) is 0.562. The number of esters is 1. The largest absolute Gasteiger partial charge is 0.467 e. The van der Waals surface area contributed by atoms with Crippen LogP contribution in [0.15, 0.2) is 24.3 Å². The van der Waals surface area contributed by atoms with E-state index in [0.717, 1.165) is 32.5 Å². The van der Waals surface area contributed by atoms with Gasteiger partial charge < -0.3 is 9.84 Å². The molecule has 0 unspecified atom stereocenters. The van der Waals surface area contributed by atoms with Gasteiger partial charge in [0.15, 0.2) is 6.10 Å². The van der Waals surface area contributed by atoms with Crippen LogP contribution in [0.4, 0.5) is 0 Å². The number of carbonyl (C=O) groups excluding carboxylic acids is 1. The zero-order valence-electron chi connectivity index (χ0n) is 12.2. The molecule has 0 aromatic heterocycles. The van der Waals surface area contributed by atoms with Gasteiger partial charge in [-0.3, -0.25) is 4.90 Å². The predicted molar refractivity (Wildman–Crippen MR) is 77.2 cm³/mol. The number of benzene rings is 1. The highest BCUT2D eigenvalue weighted by Gasteiger charge is 2.30. The maximum Gasteiger partial charge on any atom is 0.334 e. The van der Waals surface area contributed by atoms with Crippen LogP contribution in [0.1, 0.15) is 24.0 Å². The lowest BCUT2D eigenvalue weighted by atomic mass is 9.91. The molecular weight excluding hydrogens is 254 g/mol. The molecule has 1 aliphatic heterocycles. The maximum atomic E-state index is 11.3. The summed E-state index contributed by atoms with van der Waals surface area (Å²) in [5.41, 5.74) is 2.58. The Morgan fingerprint density at radius 3 is 2.50 bits per heavy atom. The Morgan fingerprint density at radius 1 is 1.35 bits per heavy atom. The molecule has 0 aliphatic carbocycles. The zero-order valence-corrected chi connectivity index (χ0v) is 12.2. The lowest BCUT2D eigenvalue weighted by Gasteiger charge is -2.33. The van der Waals surface area contributed by atoms with Gasteiger partial charge in [0, 0.05) is 6.54 Å². The molecule has 1 fully saturated rings. The highest BCUT2D eigenvalue weighted by Crippen LogP contribution is 2.22. The minimum Gasteiger partial charge on any atom is -0.467 e. The normalized spacial score (nSPS) is 18.8. The van der Waals surface area contributed by atoms with Crippen LogP contribution >= 0.6 is 0 Å². The first-order chi connectivity index (χ1) is 9.60. The molecule has 1 aromatic rings. The van der Waals surface area contributed by atoms with Crippen molar-refractivity contribution in [3.05, 3.63) is 35.4 Å². The predicted octanol–water partition coefficient (Wildman–Crippen LogP) is 1.74. The van der Waals surface area contributed by atoms with Gasteiger partial charge in [0.2, 0.25) is 0 Å². The number of likely N-dealkylation sites (tertiary alicyclic amines) is 1. The van der Waals surface area contributed by atoms with Gasteiger partial charge in [-0.2, -0.15) is 0 Å². The van der Waals surface area contributed by atoms with Crippen molar-refractivity contribution < 1.29 is 14.6 Å². The average Bonchev–Trinajstić information content (AvgIpc) is 2.49. The van der Waals surface area contributed by atoms with E-state index in [4.69, 9.17) is 0 Å². The Hall–Kier alpha value is -1.39. The van der Waals surface area contributed by atoms with Crippen LogP contribution in [0, 0.1) is 12.8 Å². The summed E-state index contributed by atoms with van der Waals surface area (Å²) >= 11 is 0. The van der Waals surface area contributed by atoms with Gasteiger partial charge in [0.05, 0.1) is 7.11 Å². The van der Waals surface area contributed by atoms with Crippen molar-refractivity contribution >= 4 is 5.97 Å². The fourth-order valence-corrected chi connectivity index (χ4v) is 2.69. The summed E-state index contributed by atoms with van der Waals surface area (Å²) in [6.07, 6.45) is 0.700. The standard InChI is InChI=1S/C16H23NO3/c1-12-3-5-13(6-4-12)11-17-9-7-14(8-10-17)15(18)16(19)20-2/h3-6,14-15,18H,7-11H2,1-2H3/t15-/m1/s1. The second-order valence-electron chi connectivity index (χ2n) is 5.57. The maximum absolute atomic E-state index is 11.3. The third-order valence-electron chi connectivity index (χ3n) is 4.05. The molecule has 1 saturated heterocycles. The Bertz CT molecular complexity index is 436. The Kier molecular flexibility index (Phi) is 5.15. The molecule has 1 atom stereocenters. The van der Waals surface area contributed by atoms with Crippen LogP contribution in [0.5, 0.6) is 0 Å². The molecule has 1 heterocycles. The first-order valence-corrected chi connectivity index (χ1v) is 7.14. The van der Waals surface area contributed by atoms with E-state index in [0.29, 0.717) is 0 Å². The third kappa shape index (κ3) is 3.81. The smallest absolute Gasteiger partial charge is 0.334 e. The molecule has 110 valence electrons. The molecule has 1 N–H and O–H groups in total. The molecule has 0 amide bonds. The molecule has 0 saturated carbocycles. The van der Waals surface area contributed by atoms with Gasteiger partial charge in [-0.15, -0.1) is 0 Å². The average molecular weight is 277 g/mol. The summed E-state index contributed by atoms with van der Waals surface area (Å²) in [5, 5.41) is 9.86. The minimum absolute atomic E-state index is 0.0247. The molecule has 1 aliphatic rings. The number of carbonyl (C=O) groups is 1. The second kappa shape index (κ2) is 6.86. The molecule has 0 spiro atoms. The summed E-state index contributed by atoms with van der Waals surface area (Å²) in [7, 11) is 1.32. The van der Waals surface area contributed by atoms with E-state index >= 15 is 0 Å². The lowest BCUT2D eigenvalue weighted by Crippen LogP contribution is -2.40. The third-order valence-corrected chi connectivity index (χ3v) is 4.05. The van der Waals surface area contributed by atoms with Gasteiger partial charge in [-0.1, -0.05) is 29.8 Å². The number of nitrogens with zero attached hydrogens (tertiary/aromatic N) is 1. The van der Waals surface area contributed by atoms with Crippen molar-refractivity contribution in [2.75, 3.05) is 20.2 Å². The molecule has 20 heavy (non-hydrogen) atoms. The Morgan fingerprint density at radius 2 is 1.95 bits per heavy atom. The first kappa shape index (κ1) is 15.0. The SMILES string of the molecule is COC(=O)[C@H](O)C1CCN(Cc2ccc(C)cc2)CC1. The number of ether oxygens (including phenoxy) is 1. The number of hydrogen-bond donors (Lipinski definition) is 1. The van der Waals surface area contributed by atoms with Crippen molar-refractivity contribution in [1.82, 2.24) is 4.90 Å². The van der Waals surface area contributed by atoms with Crippen molar-refractivity contribution in [1.29, 1.82) is 0 Å². The van der Waals surface area contributed by atoms with Crippen LogP contribution in [0.25, 0.3) is 0 Å². The van der Waals surface area contributed by atoms with Crippen molar-refractivity contribution in [2.45, 2.75) is 32.4 Å². The molecule has 4 nitrogen and oxygen atoms in total. The summed E-state index contributed by atoms with van der Waals surface area (Å²) in [5.74, 6) is -0.487. The molecular formula is C16H23NO3. The minimum atomic E-state index is -0.971. The van der Waals surface area contributed by atoms with Gasteiger partial charge in [0.1, 0.15) is 0 Å². The number of rotatable bonds is 4. The van der Waals surface area contributed by atoms with E-state index in [9.17, 15) is 9.90 Å². The van der Waals surface area contributed by atoms with Crippen LogP contribution in [-0.2, 0) is 16.1 Å². The fourth-order valence-electron chi connectivity index (χ4n) is 2.69. The number of aliphatic hydroxyl groups is 1. The van der Waals surface area contributed by atoms with Crippen molar-refractivity contribution in [3.63, 3.8) is 0 Å². The monoisotopic (exact) mass is 277 g/mol. The molecule has 0 radical (unpaired) electrons. The summed E-state index contributed by atoms with van der Waals surface area (Å²) in [4.78, 5) is 13.7. The van der Waals surface area contributed by atoms with Crippen molar-refractivity contribution in [2.24, 2.45) is 5.92 Å². The topological polar surface area (TPSA) is 49.8 Å². The van der Waals surface area contributed by atoms with Crippen LogP contribution in [0.2, 0.25) is 0 Å². The van der Waals surface area contributed by atoms with Gasteiger partial charge in [0.25, 0.3) is 0 Å². The Balaban J connectivity index is 1.82. The highest BCUT2D eigenvalue weighted by atomic mass is 16.5. The van der Waals surface area contributed by atoms with Crippen LogP contribution in [0.3, 0.4) is 0 Å². The van der Waals surface area contributed by atoms with Crippen LogP contribution in [-0.4, -0.2) is 42.3 Å². The molecule has 1 aromatic carbocycles. The van der Waals surface area contributed by atoms with E-state index in [1.165, 1.54) is 18.2 Å². The zero-order chi connectivity index (χ0) is 14.5. The lowest BCUT2D eigenvalue weighted by molar-refractivity contribution is -0.154. The summed E-state index contributed by atoms with van der Waals surface area (Å²) in [6.45, 7) is 4.84. The number of aryl methyl sites for hydroxylation is 1. The number of piperidine rings is 1. The van der Waals surface area contributed by atoms with E-state index in [1.807, 2.05) is 0 Å². The number of methoxy groups -OCH3 is 1. The first-order valence-electron chi connectivity index (χ1n) is 7.14. The summed E-state index contributed by atoms with van der Waals surface area (Å²) < 4.78 is 4.60. The van der Waals surface area contributed by atoms with E-state index in [2.05, 4.69) is 40.8 Å². The number of hydrogen-bond acceptors (Lipinski definition) is 4. The van der Waals surface area contributed by atoms with Crippen molar-refractivity contribution in [3.8, 4) is 0 Å². The van der Waals surface area contributed by atoms with Gasteiger partial charge in [-0.25, -0.2) is 4.79 Å². The quantitative estimate of drug-likeness (QED) is 0.852. The van der Waals surface area contributed by atoms with E-state index in [1.54, 1.807) is 0 Å². The van der Waals surface area contributed by atoms with E-state index < -0.39 is 12.1 Å². The molecule has 4 heteroatoms. The Labute approximate surface area is 120 Å². The molecule has 0 bridgehead atoms. The summed E-state index contributed by atoms with van der Waals surface area (Å²) in [6, 6.07) is 8.57. The van der Waals surface area contributed by atoms with Gasteiger partial charge >= 0.3 is 5.97 Å². The van der Waals surface area contributed by atoms with Crippen LogP contribution < -0.4 is 0 Å².